The molecule has 102 valence electrons. The molecule has 1 fully saturated rings. The van der Waals surface area contributed by atoms with E-state index in [1.807, 2.05) is 0 Å². The average molecular weight is 263 g/mol. The fraction of sp³-hybridized carbons (Fsp3) is 0.368. The molecule has 0 unspecified atom stereocenters. The Morgan fingerprint density at radius 3 is 1.95 bits per heavy atom. The van der Waals surface area contributed by atoms with Gasteiger partial charge in [-0.3, -0.25) is 0 Å². The normalized spacial score (nSPS) is 20.0. The van der Waals surface area contributed by atoms with E-state index in [1.54, 1.807) is 22.3 Å². The number of rotatable bonds is 0. The van der Waals surface area contributed by atoms with Crippen molar-refractivity contribution in [1.29, 1.82) is 0 Å². The van der Waals surface area contributed by atoms with Crippen molar-refractivity contribution < 1.29 is 0 Å². The highest BCUT2D eigenvalue weighted by molar-refractivity contribution is 5.50. The van der Waals surface area contributed by atoms with Crippen LogP contribution in [0.2, 0.25) is 0 Å². The first-order chi connectivity index (χ1) is 9.90. The molecule has 1 spiro atoms. The Labute approximate surface area is 121 Å². The van der Waals surface area contributed by atoms with Crippen LogP contribution in [0.4, 0.5) is 0 Å². The molecule has 2 aromatic rings. The Kier molecular flexibility index (Phi) is 2.89. The van der Waals surface area contributed by atoms with Gasteiger partial charge >= 0.3 is 0 Å². The van der Waals surface area contributed by atoms with Gasteiger partial charge < -0.3 is 5.32 Å². The van der Waals surface area contributed by atoms with Crippen LogP contribution in [0.15, 0.2) is 48.5 Å². The van der Waals surface area contributed by atoms with Gasteiger partial charge in [0.05, 0.1) is 0 Å². The molecule has 0 aromatic heterocycles. The molecule has 2 aliphatic rings. The maximum atomic E-state index is 3.65. The summed E-state index contributed by atoms with van der Waals surface area (Å²) in [5.41, 5.74) is 6.43. The van der Waals surface area contributed by atoms with Crippen LogP contribution < -0.4 is 5.32 Å². The van der Waals surface area contributed by atoms with Crippen molar-refractivity contribution in [2.75, 3.05) is 13.1 Å². The van der Waals surface area contributed by atoms with E-state index in [0.29, 0.717) is 0 Å². The quantitative estimate of drug-likeness (QED) is 0.767. The molecule has 1 N–H and O–H groups in total. The summed E-state index contributed by atoms with van der Waals surface area (Å²) in [6, 6.07) is 18.2. The van der Waals surface area contributed by atoms with Crippen molar-refractivity contribution in [1.82, 2.24) is 5.32 Å². The minimum Gasteiger partial charge on any atom is -0.316 e. The summed E-state index contributed by atoms with van der Waals surface area (Å²) >= 11 is 0. The second kappa shape index (κ2) is 4.75. The molecule has 0 amide bonds. The topological polar surface area (TPSA) is 12.0 Å². The molecule has 1 saturated heterocycles. The lowest BCUT2D eigenvalue weighted by molar-refractivity contribution is 0.364. The van der Waals surface area contributed by atoms with Crippen molar-refractivity contribution in [3.8, 4) is 0 Å². The van der Waals surface area contributed by atoms with E-state index >= 15 is 0 Å². The molecule has 2 aromatic carbocycles. The molecular formula is C19H21N. The minimum atomic E-state index is 0.196. The second-order valence-electron chi connectivity index (χ2n) is 6.18. The second-order valence-corrected chi connectivity index (χ2v) is 6.18. The van der Waals surface area contributed by atoms with Gasteiger partial charge in [-0.1, -0.05) is 48.5 Å². The highest BCUT2D eigenvalue weighted by atomic mass is 14.9. The Morgan fingerprint density at radius 1 is 0.800 bits per heavy atom. The molecule has 1 nitrogen and oxygen atoms in total. The summed E-state index contributed by atoms with van der Waals surface area (Å²) < 4.78 is 0. The third kappa shape index (κ3) is 1.73. The van der Waals surface area contributed by atoms with E-state index in [0.717, 1.165) is 13.1 Å². The van der Waals surface area contributed by atoms with Crippen LogP contribution in [0.1, 0.15) is 35.1 Å². The number of nitrogens with one attached hydrogen (secondary N) is 1. The fourth-order valence-corrected chi connectivity index (χ4v) is 4.19. The van der Waals surface area contributed by atoms with Crippen LogP contribution in [0.25, 0.3) is 0 Å². The maximum Gasteiger partial charge on any atom is 0.0333 e. The number of aryl methyl sites for hydroxylation is 2. The van der Waals surface area contributed by atoms with E-state index in [4.69, 9.17) is 0 Å². The van der Waals surface area contributed by atoms with Gasteiger partial charge in [-0.25, -0.2) is 0 Å². The highest BCUT2D eigenvalue weighted by Gasteiger charge is 2.39. The van der Waals surface area contributed by atoms with Gasteiger partial charge in [0.2, 0.25) is 0 Å². The Balaban J connectivity index is 1.98. The molecule has 0 saturated carbocycles. The molecule has 1 aliphatic heterocycles. The van der Waals surface area contributed by atoms with Gasteiger partial charge in [-0.2, -0.15) is 0 Å². The smallest absolute Gasteiger partial charge is 0.0333 e. The number of hydrogen-bond donors (Lipinski definition) is 1. The molecule has 0 atom stereocenters. The zero-order valence-electron chi connectivity index (χ0n) is 11.9. The molecule has 20 heavy (non-hydrogen) atoms. The summed E-state index contributed by atoms with van der Waals surface area (Å²) in [5.74, 6) is 0. The first kappa shape index (κ1) is 12.2. The summed E-state index contributed by atoms with van der Waals surface area (Å²) in [7, 11) is 0. The lowest BCUT2D eigenvalue weighted by atomic mass is 9.68. The van der Waals surface area contributed by atoms with Crippen LogP contribution in [-0.2, 0) is 18.3 Å². The van der Waals surface area contributed by atoms with Crippen LogP contribution in [0.5, 0.6) is 0 Å². The molecule has 1 heteroatoms. The SMILES string of the molecule is c1ccc2c(c1)CCc1ccccc1C21CCCNC1. The van der Waals surface area contributed by atoms with E-state index < -0.39 is 0 Å². The first-order valence-corrected chi connectivity index (χ1v) is 7.78. The van der Waals surface area contributed by atoms with Crippen molar-refractivity contribution in [2.45, 2.75) is 31.1 Å². The standard InChI is InChI=1S/C19H21N/c1-3-8-17-15(6-1)10-11-16-7-2-4-9-18(16)19(17)12-5-13-20-14-19/h1-4,6-9,20H,5,10-14H2. The van der Waals surface area contributed by atoms with E-state index in [9.17, 15) is 0 Å². The summed E-state index contributed by atoms with van der Waals surface area (Å²) in [4.78, 5) is 0. The highest BCUT2D eigenvalue weighted by Crippen LogP contribution is 2.43. The zero-order chi connectivity index (χ0) is 13.4. The molecule has 0 radical (unpaired) electrons. The Bertz CT molecular complexity index is 574. The lowest BCUT2D eigenvalue weighted by Gasteiger charge is -2.40. The Morgan fingerprint density at radius 2 is 1.40 bits per heavy atom. The average Bonchev–Trinajstić information content (AvgIpc) is 2.66. The number of fused-ring (bicyclic) bond motifs is 4. The molecule has 0 bridgehead atoms. The molecule has 1 aliphatic carbocycles. The van der Waals surface area contributed by atoms with Crippen molar-refractivity contribution in [3.63, 3.8) is 0 Å². The zero-order valence-corrected chi connectivity index (χ0v) is 11.9. The van der Waals surface area contributed by atoms with Gasteiger partial charge in [0.25, 0.3) is 0 Å². The van der Waals surface area contributed by atoms with Crippen LogP contribution in [0, 0.1) is 0 Å². The largest absolute Gasteiger partial charge is 0.316 e. The van der Waals surface area contributed by atoms with Crippen LogP contribution in [-0.4, -0.2) is 13.1 Å². The first-order valence-electron chi connectivity index (χ1n) is 7.78. The predicted molar refractivity (Wildman–Crippen MR) is 83.2 cm³/mol. The van der Waals surface area contributed by atoms with Gasteiger partial charge in [0.1, 0.15) is 0 Å². The number of hydrogen-bond acceptors (Lipinski definition) is 1. The van der Waals surface area contributed by atoms with Crippen molar-refractivity contribution in [2.24, 2.45) is 0 Å². The molecular weight excluding hydrogens is 242 g/mol. The lowest BCUT2D eigenvalue weighted by Crippen LogP contribution is -2.44. The van der Waals surface area contributed by atoms with Crippen molar-refractivity contribution >= 4 is 0 Å². The van der Waals surface area contributed by atoms with Crippen LogP contribution >= 0.6 is 0 Å². The Hall–Kier alpha value is -1.60. The van der Waals surface area contributed by atoms with Gasteiger partial charge in [0.15, 0.2) is 0 Å². The van der Waals surface area contributed by atoms with E-state index in [2.05, 4.69) is 53.8 Å². The van der Waals surface area contributed by atoms with Crippen molar-refractivity contribution in [3.05, 3.63) is 70.8 Å². The third-order valence-corrected chi connectivity index (χ3v) is 5.11. The van der Waals surface area contributed by atoms with E-state index in [1.165, 1.54) is 25.7 Å². The molecule has 4 rings (SSSR count). The predicted octanol–water partition coefficient (Wildman–Crippen LogP) is 3.45. The number of benzene rings is 2. The monoisotopic (exact) mass is 263 g/mol. The fourth-order valence-electron chi connectivity index (χ4n) is 4.19. The minimum absolute atomic E-state index is 0.196. The summed E-state index contributed by atoms with van der Waals surface area (Å²) in [5, 5.41) is 3.65. The van der Waals surface area contributed by atoms with Crippen LogP contribution in [0.3, 0.4) is 0 Å². The summed E-state index contributed by atoms with van der Waals surface area (Å²) in [6.45, 7) is 2.24. The third-order valence-electron chi connectivity index (χ3n) is 5.11. The molecule has 1 heterocycles. The van der Waals surface area contributed by atoms with E-state index in [-0.39, 0.29) is 5.41 Å². The van der Waals surface area contributed by atoms with Gasteiger partial charge in [-0.15, -0.1) is 0 Å². The number of piperidine rings is 1. The van der Waals surface area contributed by atoms with Gasteiger partial charge in [-0.05, 0) is 54.5 Å². The maximum absolute atomic E-state index is 3.65. The summed E-state index contributed by atoms with van der Waals surface area (Å²) in [6.07, 6.45) is 4.89. The van der Waals surface area contributed by atoms with Gasteiger partial charge in [0, 0.05) is 12.0 Å².